The van der Waals surface area contributed by atoms with E-state index in [-0.39, 0.29) is 6.10 Å². The van der Waals surface area contributed by atoms with Crippen LogP contribution in [-0.2, 0) is 0 Å². The van der Waals surface area contributed by atoms with Crippen LogP contribution in [-0.4, -0.2) is 11.2 Å². The van der Waals surface area contributed by atoms with Gasteiger partial charge in [0.15, 0.2) is 0 Å². The smallest absolute Gasteiger partial charge is 0.131 e. The van der Waals surface area contributed by atoms with Gasteiger partial charge in [0.25, 0.3) is 0 Å². The van der Waals surface area contributed by atoms with Crippen molar-refractivity contribution in [2.24, 2.45) is 5.92 Å². The lowest BCUT2D eigenvalue weighted by molar-refractivity contribution is 0.0383. The molecule has 0 fully saturated rings. The fraction of sp³-hybridized carbons (Fsp3) is 0.455. The van der Waals surface area contributed by atoms with Crippen LogP contribution in [0.25, 0.3) is 0 Å². The first-order chi connectivity index (χ1) is 6.59. The number of rotatable bonds is 1. The molecule has 2 nitrogen and oxygen atoms in total. The number of ether oxygens (including phenoxy) is 1. The van der Waals surface area contributed by atoms with Crippen molar-refractivity contribution in [1.29, 1.82) is 0 Å². The molecule has 3 heteroatoms. The van der Waals surface area contributed by atoms with Crippen molar-refractivity contribution in [2.45, 2.75) is 26.1 Å². The lowest BCUT2D eigenvalue weighted by atomic mass is 9.99. The maximum Gasteiger partial charge on any atom is 0.131 e. The van der Waals surface area contributed by atoms with Crippen molar-refractivity contribution < 1.29 is 9.84 Å². The zero-order chi connectivity index (χ0) is 10.3. The summed E-state index contributed by atoms with van der Waals surface area (Å²) < 4.78 is 6.64. The minimum atomic E-state index is -0.498. The van der Waals surface area contributed by atoms with E-state index in [4.69, 9.17) is 4.74 Å². The highest BCUT2D eigenvalue weighted by atomic mass is 79.9. The highest BCUT2D eigenvalue weighted by Crippen LogP contribution is 2.40. The molecule has 14 heavy (non-hydrogen) atoms. The van der Waals surface area contributed by atoms with Crippen LogP contribution in [0.1, 0.15) is 25.5 Å². The van der Waals surface area contributed by atoms with Crippen LogP contribution in [0.5, 0.6) is 5.75 Å². The summed E-state index contributed by atoms with van der Waals surface area (Å²) >= 11 is 3.38. The number of hydrogen-bond donors (Lipinski definition) is 1. The molecule has 1 aliphatic rings. The second kappa shape index (κ2) is 3.55. The van der Waals surface area contributed by atoms with Gasteiger partial charge in [-0.3, -0.25) is 0 Å². The fourth-order valence-electron chi connectivity index (χ4n) is 1.75. The third kappa shape index (κ3) is 1.55. The number of fused-ring (bicyclic) bond motifs is 1. The third-order valence-corrected chi connectivity index (χ3v) is 3.02. The fourth-order valence-corrected chi connectivity index (χ4v) is 2.13. The largest absolute Gasteiger partial charge is 0.487 e. The lowest BCUT2D eigenvalue weighted by Gasteiger charge is -2.17. The molecule has 0 unspecified atom stereocenters. The van der Waals surface area contributed by atoms with E-state index >= 15 is 0 Å². The molecule has 0 spiro atoms. The normalized spacial score (nSPS) is 24.9. The molecule has 1 aliphatic heterocycles. The highest BCUT2D eigenvalue weighted by Gasteiger charge is 2.34. The Labute approximate surface area is 92.0 Å². The summed E-state index contributed by atoms with van der Waals surface area (Å²) in [5.41, 5.74) is 0.887. The van der Waals surface area contributed by atoms with E-state index < -0.39 is 6.10 Å². The average Bonchev–Trinajstić information content (AvgIpc) is 2.44. The van der Waals surface area contributed by atoms with Crippen LogP contribution in [0.2, 0.25) is 0 Å². The minimum Gasteiger partial charge on any atom is -0.487 e. The second-order valence-electron chi connectivity index (χ2n) is 3.95. The van der Waals surface area contributed by atoms with Crippen LogP contribution in [0.4, 0.5) is 0 Å². The summed E-state index contributed by atoms with van der Waals surface area (Å²) in [5.74, 6) is 1.12. The van der Waals surface area contributed by atoms with Crippen LogP contribution >= 0.6 is 15.9 Å². The van der Waals surface area contributed by atoms with Gasteiger partial charge >= 0.3 is 0 Å². The Kier molecular flexibility index (Phi) is 2.54. The summed E-state index contributed by atoms with van der Waals surface area (Å²) in [6.07, 6.45) is -0.609. The summed E-state index contributed by atoms with van der Waals surface area (Å²) in [5, 5.41) is 9.99. The van der Waals surface area contributed by atoms with Crippen molar-refractivity contribution >= 4 is 15.9 Å². The molecule has 1 aromatic rings. The predicted octanol–water partition coefficient (Wildman–Crippen LogP) is 2.90. The Hall–Kier alpha value is -0.540. The highest BCUT2D eigenvalue weighted by molar-refractivity contribution is 9.10. The number of aliphatic hydroxyl groups excluding tert-OH is 1. The molecule has 1 aromatic carbocycles. The van der Waals surface area contributed by atoms with Crippen molar-refractivity contribution in [3.05, 3.63) is 28.2 Å². The van der Waals surface area contributed by atoms with Crippen LogP contribution in [0, 0.1) is 5.92 Å². The Bertz CT molecular complexity index is 349. The van der Waals surface area contributed by atoms with Gasteiger partial charge in [0.1, 0.15) is 18.0 Å². The Balaban J connectivity index is 2.36. The van der Waals surface area contributed by atoms with Gasteiger partial charge < -0.3 is 9.84 Å². The first-order valence-electron chi connectivity index (χ1n) is 4.74. The quantitative estimate of drug-likeness (QED) is 0.838. The maximum absolute atomic E-state index is 9.99. The van der Waals surface area contributed by atoms with Crippen LogP contribution in [0.15, 0.2) is 22.7 Å². The van der Waals surface area contributed by atoms with Gasteiger partial charge in [0.2, 0.25) is 0 Å². The number of benzene rings is 1. The first kappa shape index (κ1) is 9.99. The van der Waals surface area contributed by atoms with Crippen LogP contribution in [0.3, 0.4) is 0 Å². The molecule has 2 rings (SSSR count). The zero-order valence-electron chi connectivity index (χ0n) is 8.20. The van der Waals surface area contributed by atoms with Crippen molar-refractivity contribution in [3.8, 4) is 5.75 Å². The van der Waals surface area contributed by atoms with E-state index in [0.717, 1.165) is 15.8 Å². The Morgan fingerprint density at radius 2 is 2.14 bits per heavy atom. The van der Waals surface area contributed by atoms with Crippen molar-refractivity contribution in [1.82, 2.24) is 0 Å². The molecule has 76 valence electrons. The molecule has 0 aliphatic carbocycles. The van der Waals surface area contributed by atoms with Gasteiger partial charge in [-0.1, -0.05) is 29.8 Å². The third-order valence-electron chi connectivity index (χ3n) is 2.52. The summed E-state index contributed by atoms with van der Waals surface area (Å²) in [6.45, 7) is 4.10. The maximum atomic E-state index is 9.99. The molecule has 1 heterocycles. The standard InChI is InChI=1S/C11H13BrO2/c1-6(2)11-10(13)8-5-7(12)3-4-9(8)14-11/h3-6,10-11,13H,1-2H3/t10-,11-/m1/s1. The molecular weight excluding hydrogens is 244 g/mol. The predicted molar refractivity (Wildman–Crippen MR) is 58.4 cm³/mol. The molecular formula is C11H13BrO2. The van der Waals surface area contributed by atoms with Gasteiger partial charge in [0.05, 0.1) is 0 Å². The molecule has 0 saturated heterocycles. The average molecular weight is 257 g/mol. The van der Waals surface area contributed by atoms with Gasteiger partial charge in [-0.2, -0.15) is 0 Å². The molecule has 0 saturated carbocycles. The molecule has 0 bridgehead atoms. The Morgan fingerprint density at radius 3 is 2.79 bits per heavy atom. The number of halogens is 1. The zero-order valence-corrected chi connectivity index (χ0v) is 9.78. The van der Waals surface area contributed by atoms with E-state index in [1.165, 1.54) is 0 Å². The van der Waals surface area contributed by atoms with E-state index in [1.807, 2.05) is 18.2 Å². The molecule has 1 N–H and O–H groups in total. The molecule has 0 amide bonds. The summed E-state index contributed by atoms with van der Waals surface area (Å²) in [7, 11) is 0. The van der Waals surface area contributed by atoms with Crippen molar-refractivity contribution in [3.63, 3.8) is 0 Å². The summed E-state index contributed by atoms with van der Waals surface area (Å²) in [4.78, 5) is 0. The Morgan fingerprint density at radius 1 is 1.43 bits per heavy atom. The topological polar surface area (TPSA) is 29.5 Å². The van der Waals surface area contributed by atoms with E-state index in [1.54, 1.807) is 0 Å². The molecule has 2 atom stereocenters. The summed E-state index contributed by atoms with van der Waals surface area (Å²) in [6, 6.07) is 5.74. The lowest BCUT2D eigenvalue weighted by Crippen LogP contribution is -2.24. The van der Waals surface area contributed by atoms with E-state index in [0.29, 0.717) is 5.92 Å². The van der Waals surface area contributed by atoms with Crippen molar-refractivity contribution in [2.75, 3.05) is 0 Å². The first-order valence-corrected chi connectivity index (χ1v) is 5.53. The van der Waals surface area contributed by atoms with E-state index in [9.17, 15) is 5.11 Å². The van der Waals surface area contributed by atoms with Gasteiger partial charge in [-0.15, -0.1) is 0 Å². The molecule has 0 radical (unpaired) electrons. The second-order valence-corrected chi connectivity index (χ2v) is 4.87. The molecule has 0 aromatic heterocycles. The van der Waals surface area contributed by atoms with E-state index in [2.05, 4.69) is 29.8 Å². The van der Waals surface area contributed by atoms with Crippen LogP contribution < -0.4 is 4.74 Å². The van der Waals surface area contributed by atoms with Gasteiger partial charge in [-0.05, 0) is 24.1 Å². The van der Waals surface area contributed by atoms with Gasteiger partial charge in [0, 0.05) is 10.0 Å². The minimum absolute atomic E-state index is 0.112. The van der Waals surface area contributed by atoms with Gasteiger partial charge in [-0.25, -0.2) is 0 Å². The monoisotopic (exact) mass is 256 g/mol. The SMILES string of the molecule is CC(C)[C@H]1Oc2ccc(Br)cc2[C@H]1O. The number of hydrogen-bond acceptors (Lipinski definition) is 2. The number of aliphatic hydroxyl groups is 1.